The number of rotatable bonds is 18. The van der Waals surface area contributed by atoms with E-state index in [1.807, 2.05) is 68.1 Å². The summed E-state index contributed by atoms with van der Waals surface area (Å²) < 4.78 is 32.9. The first-order chi connectivity index (χ1) is 32.4. The van der Waals surface area contributed by atoms with Crippen LogP contribution in [0.15, 0.2) is 108 Å². The number of fused-ring (bicyclic) bond motifs is 3. The van der Waals surface area contributed by atoms with Crippen LogP contribution in [-0.4, -0.2) is 70.8 Å². The zero-order valence-corrected chi connectivity index (χ0v) is 39.3. The number of unbranched alkanes of at least 4 members (excludes halogenated alkanes) is 2. The van der Waals surface area contributed by atoms with E-state index < -0.39 is 23.3 Å². The molecule has 0 bridgehead atoms. The molecule has 0 spiro atoms. The summed E-state index contributed by atoms with van der Waals surface area (Å²) >= 11 is 0. The molecule has 4 aliphatic rings. The SMILES string of the molecule is C=CCO[C@@]12Oc3ccc(Oc4ccc(C)c(C)c4)cc3[C@H]3[C@H](CCCCO)[C@@H](CCCCO)C=C(C(=NOC(C)(C)C)C[C@@H]1N(Cc1ccc4c(c1)OCO4)C(=O)c1ccc(C#N)cc1)[C@H]32. The van der Waals surface area contributed by atoms with Gasteiger partial charge in [-0.15, -0.1) is 6.58 Å². The molecule has 4 aromatic rings. The van der Waals surface area contributed by atoms with Crippen LogP contribution in [0.25, 0.3) is 0 Å². The Bertz CT molecular complexity index is 2540. The molecule has 2 N–H and O–H groups in total. The Morgan fingerprint density at radius 2 is 1.63 bits per heavy atom. The number of amides is 1. The lowest BCUT2D eigenvalue weighted by Crippen LogP contribution is -2.70. The van der Waals surface area contributed by atoms with Gasteiger partial charge < -0.3 is 43.6 Å². The lowest BCUT2D eigenvalue weighted by molar-refractivity contribution is -0.255. The molecule has 0 saturated heterocycles. The molecule has 0 radical (unpaired) electrons. The van der Waals surface area contributed by atoms with Crippen LogP contribution < -0.4 is 18.9 Å². The minimum absolute atomic E-state index is 0.0188. The molecule has 1 amide bonds. The van der Waals surface area contributed by atoms with E-state index in [9.17, 15) is 15.5 Å². The van der Waals surface area contributed by atoms with Crippen LogP contribution in [0.2, 0.25) is 0 Å². The predicted octanol–water partition coefficient (Wildman–Crippen LogP) is 10.5. The molecule has 0 aromatic heterocycles. The van der Waals surface area contributed by atoms with Crippen LogP contribution in [-0.2, 0) is 16.1 Å². The van der Waals surface area contributed by atoms with E-state index in [2.05, 4.69) is 44.7 Å². The topological polar surface area (TPSA) is 152 Å². The van der Waals surface area contributed by atoms with Gasteiger partial charge in [0, 0.05) is 43.2 Å². The van der Waals surface area contributed by atoms with Crippen LogP contribution in [0.5, 0.6) is 28.7 Å². The summed E-state index contributed by atoms with van der Waals surface area (Å²) in [6.45, 7) is 14.6. The van der Waals surface area contributed by atoms with Crippen molar-refractivity contribution in [2.45, 2.75) is 109 Å². The number of aliphatic hydroxyl groups excluding tert-OH is 2. The summed E-state index contributed by atoms with van der Waals surface area (Å²) in [7, 11) is 0. The molecule has 2 aliphatic carbocycles. The average molecular weight is 910 g/mol. The van der Waals surface area contributed by atoms with Crippen molar-refractivity contribution in [3.05, 3.63) is 137 Å². The van der Waals surface area contributed by atoms with Crippen molar-refractivity contribution in [2.24, 2.45) is 22.9 Å². The standard InChI is InChI=1S/C55H63N3O9/c1-7-26-64-55-50(58(53(61)39-18-15-37(32-56)16-19-39)33-38-17-22-48-49(28-38)63-34-62-48)31-46(57-67-54(4,5)6)44-29-40(12-8-10-24-59)43(13-9-11-25-60)51(52(44)55)45-30-42(21-23-47(45)66-55)65-41-20-14-35(2)36(3)27-41/h7,14-23,27-30,40,43,50-52,59-60H,1,8-13,24-26,31,33-34H2,2-6H3/t40-,43+,50-,51+,52+,55+/m0/s1. The molecule has 67 heavy (non-hydrogen) atoms. The fourth-order valence-electron chi connectivity index (χ4n) is 10.2. The number of ether oxygens (including phenoxy) is 5. The maximum Gasteiger partial charge on any atom is 0.254 e. The monoisotopic (exact) mass is 909 g/mol. The van der Waals surface area contributed by atoms with Crippen molar-refractivity contribution in [1.82, 2.24) is 4.90 Å². The Morgan fingerprint density at radius 3 is 2.34 bits per heavy atom. The second kappa shape index (κ2) is 20.4. The number of aryl methyl sites for hydroxylation is 2. The Labute approximate surface area is 394 Å². The Balaban J connectivity index is 1.37. The van der Waals surface area contributed by atoms with Crippen molar-refractivity contribution < 1.29 is 43.5 Å². The van der Waals surface area contributed by atoms with E-state index in [1.165, 1.54) is 5.56 Å². The zero-order valence-electron chi connectivity index (χ0n) is 39.3. The highest BCUT2D eigenvalue weighted by atomic mass is 16.7. The minimum atomic E-state index is -1.50. The van der Waals surface area contributed by atoms with E-state index in [1.54, 1.807) is 30.3 Å². The lowest BCUT2D eigenvalue weighted by atomic mass is 9.55. The number of oxime groups is 1. The predicted molar refractivity (Wildman–Crippen MR) is 255 cm³/mol. The molecule has 12 nitrogen and oxygen atoms in total. The van der Waals surface area contributed by atoms with Gasteiger partial charge >= 0.3 is 0 Å². The molecule has 352 valence electrons. The smallest absolute Gasteiger partial charge is 0.254 e. The second-order valence-corrected chi connectivity index (χ2v) is 19.1. The number of allylic oxidation sites excluding steroid dienone is 1. The number of carbonyl (C=O) groups is 1. The van der Waals surface area contributed by atoms with Crippen LogP contribution in [0, 0.1) is 42.9 Å². The average Bonchev–Trinajstić information content (AvgIpc) is 3.80. The van der Waals surface area contributed by atoms with Crippen LogP contribution in [0.3, 0.4) is 0 Å². The number of carbonyl (C=O) groups excluding carboxylic acids is 1. The van der Waals surface area contributed by atoms with Gasteiger partial charge in [0.2, 0.25) is 12.6 Å². The molecule has 4 aromatic carbocycles. The van der Waals surface area contributed by atoms with Gasteiger partial charge in [-0.05, 0) is 161 Å². The molecule has 2 heterocycles. The fraction of sp³-hybridized carbons (Fsp3) is 0.436. The van der Waals surface area contributed by atoms with Crippen molar-refractivity contribution in [3.8, 4) is 34.8 Å². The van der Waals surface area contributed by atoms with E-state index in [4.69, 9.17) is 33.7 Å². The number of benzene rings is 4. The van der Waals surface area contributed by atoms with Gasteiger partial charge in [0.25, 0.3) is 5.91 Å². The first kappa shape index (κ1) is 47.4. The molecular formula is C55H63N3O9. The first-order valence-corrected chi connectivity index (χ1v) is 23.6. The number of hydrogen-bond acceptors (Lipinski definition) is 11. The third-order valence-electron chi connectivity index (χ3n) is 13.5. The molecule has 1 saturated carbocycles. The van der Waals surface area contributed by atoms with Crippen LogP contribution in [0.1, 0.15) is 110 Å². The third kappa shape index (κ3) is 10.1. The van der Waals surface area contributed by atoms with Gasteiger partial charge in [-0.2, -0.15) is 5.26 Å². The van der Waals surface area contributed by atoms with Crippen molar-refractivity contribution >= 4 is 11.6 Å². The van der Waals surface area contributed by atoms with E-state index in [0.29, 0.717) is 52.7 Å². The van der Waals surface area contributed by atoms with Crippen molar-refractivity contribution in [3.63, 3.8) is 0 Å². The fourth-order valence-corrected chi connectivity index (χ4v) is 10.2. The van der Waals surface area contributed by atoms with E-state index in [-0.39, 0.29) is 63.2 Å². The van der Waals surface area contributed by atoms with Crippen LogP contribution in [0.4, 0.5) is 0 Å². The summed E-state index contributed by atoms with van der Waals surface area (Å²) in [6, 6.07) is 25.8. The van der Waals surface area contributed by atoms with Crippen molar-refractivity contribution in [2.75, 3.05) is 26.6 Å². The quantitative estimate of drug-likeness (QED) is 0.0560. The van der Waals surface area contributed by atoms with Gasteiger partial charge in [0.15, 0.2) is 11.5 Å². The van der Waals surface area contributed by atoms with Gasteiger partial charge in [0.05, 0.1) is 29.9 Å². The summed E-state index contributed by atoms with van der Waals surface area (Å²) in [5, 5.41) is 34.8. The zero-order chi connectivity index (χ0) is 47.3. The number of aliphatic hydroxyl groups is 2. The van der Waals surface area contributed by atoms with Gasteiger partial charge in [0.1, 0.15) is 28.9 Å². The molecule has 0 unspecified atom stereocenters. The van der Waals surface area contributed by atoms with Crippen molar-refractivity contribution in [1.29, 1.82) is 5.26 Å². The highest BCUT2D eigenvalue weighted by Crippen LogP contribution is 2.62. The molecule has 2 aliphatic heterocycles. The maximum atomic E-state index is 15.5. The summed E-state index contributed by atoms with van der Waals surface area (Å²) in [6.07, 6.45) is 8.75. The molecule has 8 rings (SSSR count). The number of nitrogens with zero attached hydrogens (tertiary/aromatic N) is 3. The first-order valence-electron chi connectivity index (χ1n) is 23.6. The van der Waals surface area contributed by atoms with Gasteiger partial charge in [-0.25, -0.2) is 0 Å². The largest absolute Gasteiger partial charge is 0.459 e. The Hall–Kier alpha value is -6.13. The lowest BCUT2D eigenvalue weighted by Gasteiger charge is -2.60. The van der Waals surface area contributed by atoms with Gasteiger partial charge in [-0.1, -0.05) is 42.3 Å². The molecule has 12 heteroatoms. The Kier molecular flexibility index (Phi) is 14.4. The normalized spacial score (nSPS) is 23.0. The maximum absolute atomic E-state index is 15.5. The number of hydrogen-bond donors (Lipinski definition) is 2. The highest BCUT2D eigenvalue weighted by Gasteiger charge is 2.65. The second-order valence-electron chi connectivity index (χ2n) is 19.1. The number of nitriles is 1. The van der Waals surface area contributed by atoms with Crippen LogP contribution >= 0.6 is 0 Å². The summed E-state index contributed by atoms with van der Waals surface area (Å²) in [5.74, 6) is 0.698. The van der Waals surface area contributed by atoms with Gasteiger partial charge in [-0.3, -0.25) is 4.79 Å². The minimum Gasteiger partial charge on any atom is -0.459 e. The third-order valence-corrected chi connectivity index (χ3v) is 13.5. The summed E-state index contributed by atoms with van der Waals surface area (Å²) in [4.78, 5) is 23.7. The molecular weight excluding hydrogens is 847 g/mol. The molecule has 1 fully saturated rings. The summed E-state index contributed by atoms with van der Waals surface area (Å²) in [5.41, 5.74) is 5.85. The Morgan fingerprint density at radius 1 is 0.910 bits per heavy atom. The molecule has 6 atom stereocenters. The van der Waals surface area contributed by atoms with E-state index in [0.717, 1.165) is 53.7 Å². The highest BCUT2D eigenvalue weighted by molar-refractivity contribution is 6.03. The van der Waals surface area contributed by atoms with E-state index >= 15 is 4.79 Å².